The standard InChI is InChI=1S/C14H25N3O/c1-5-10-18-13-8-9-15-14(17-13)16-11(4)12(6-2)7-3/h8-9,11-12H,5-7,10H2,1-4H3,(H,15,16,17). The average molecular weight is 251 g/mol. The Morgan fingerprint density at radius 3 is 2.61 bits per heavy atom. The first-order chi connectivity index (χ1) is 8.71. The average Bonchev–Trinajstić information content (AvgIpc) is 2.38. The Balaban J connectivity index is 2.60. The van der Waals surface area contributed by atoms with Crippen molar-refractivity contribution in [2.45, 2.75) is 53.0 Å². The summed E-state index contributed by atoms with van der Waals surface area (Å²) in [5.41, 5.74) is 0. The molecule has 18 heavy (non-hydrogen) atoms. The van der Waals surface area contributed by atoms with E-state index in [0.29, 0.717) is 30.4 Å². The van der Waals surface area contributed by atoms with Crippen molar-refractivity contribution in [2.75, 3.05) is 11.9 Å². The van der Waals surface area contributed by atoms with Gasteiger partial charge < -0.3 is 10.1 Å². The number of nitrogens with zero attached hydrogens (tertiary/aromatic N) is 2. The zero-order valence-electron chi connectivity index (χ0n) is 11.9. The summed E-state index contributed by atoms with van der Waals surface area (Å²) in [7, 11) is 0. The van der Waals surface area contributed by atoms with Crippen LogP contribution in [0.25, 0.3) is 0 Å². The van der Waals surface area contributed by atoms with E-state index in [2.05, 4.69) is 43.0 Å². The Bertz CT molecular complexity index is 340. The van der Waals surface area contributed by atoms with Crippen LogP contribution in [0.2, 0.25) is 0 Å². The number of nitrogens with one attached hydrogen (secondary N) is 1. The lowest BCUT2D eigenvalue weighted by atomic mass is 9.96. The Morgan fingerprint density at radius 2 is 2.00 bits per heavy atom. The van der Waals surface area contributed by atoms with Gasteiger partial charge in [0, 0.05) is 18.3 Å². The third kappa shape index (κ3) is 4.51. The van der Waals surface area contributed by atoms with Gasteiger partial charge in [0.25, 0.3) is 0 Å². The number of anilines is 1. The van der Waals surface area contributed by atoms with Crippen LogP contribution in [0.1, 0.15) is 47.0 Å². The first kappa shape index (κ1) is 14.7. The molecular weight excluding hydrogens is 226 g/mol. The van der Waals surface area contributed by atoms with Gasteiger partial charge in [0.2, 0.25) is 11.8 Å². The molecule has 0 fully saturated rings. The van der Waals surface area contributed by atoms with E-state index in [-0.39, 0.29) is 0 Å². The molecule has 1 atom stereocenters. The zero-order valence-corrected chi connectivity index (χ0v) is 11.9. The minimum atomic E-state index is 0.376. The van der Waals surface area contributed by atoms with Gasteiger partial charge in [-0.3, -0.25) is 0 Å². The second kappa shape index (κ2) is 7.90. The van der Waals surface area contributed by atoms with E-state index < -0.39 is 0 Å². The summed E-state index contributed by atoms with van der Waals surface area (Å²) >= 11 is 0. The number of rotatable bonds is 8. The Kier molecular flexibility index (Phi) is 6.47. The van der Waals surface area contributed by atoms with Crippen LogP contribution in [0.15, 0.2) is 12.3 Å². The Morgan fingerprint density at radius 1 is 1.28 bits per heavy atom. The van der Waals surface area contributed by atoms with Crippen LogP contribution in [-0.2, 0) is 0 Å². The summed E-state index contributed by atoms with van der Waals surface area (Å²) in [5.74, 6) is 1.95. The highest BCUT2D eigenvalue weighted by Crippen LogP contribution is 2.17. The van der Waals surface area contributed by atoms with Crippen molar-refractivity contribution in [3.8, 4) is 5.88 Å². The lowest BCUT2D eigenvalue weighted by molar-refractivity contribution is 0.305. The Labute approximate surface area is 110 Å². The van der Waals surface area contributed by atoms with E-state index >= 15 is 0 Å². The first-order valence-electron chi connectivity index (χ1n) is 6.93. The van der Waals surface area contributed by atoms with Crippen LogP contribution >= 0.6 is 0 Å². The van der Waals surface area contributed by atoms with Crippen molar-refractivity contribution < 1.29 is 4.74 Å². The highest BCUT2D eigenvalue weighted by Gasteiger charge is 2.14. The van der Waals surface area contributed by atoms with Crippen LogP contribution in [0, 0.1) is 5.92 Å². The molecule has 0 saturated heterocycles. The highest BCUT2D eigenvalue weighted by atomic mass is 16.5. The van der Waals surface area contributed by atoms with Gasteiger partial charge in [-0.25, -0.2) is 4.98 Å². The topological polar surface area (TPSA) is 47.0 Å². The van der Waals surface area contributed by atoms with Gasteiger partial charge in [-0.15, -0.1) is 0 Å². The van der Waals surface area contributed by atoms with Gasteiger partial charge >= 0.3 is 0 Å². The molecule has 4 nitrogen and oxygen atoms in total. The third-order valence-corrected chi connectivity index (χ3v) is 3.20. The maximum Gasteiger partial charge on any atom is 0.226 e. The second-order valence-corrected chi connectivity index (χ2v) is 4.58. The molecule has 102 valence electrons. The molecule has 0 aliphatic rings. The van der Waals surface area contributed by atoms with E-state index in [9.17, 15) is 0 Å². The van der Waals surface area contributed by atoms with Gasteiger partial charge in [-0.2, -0.15) is 4.98 Å². The van der Waals surface area contributed by atoms with Crippen molar-refractivity contribution in [1.29, 1.82) is 0 Å². The van der Waals surface area contributed by atoms with Crippen molar-refractivity contribution in [2.24, 2.45) is 5.92 Å². The van der Waals surface area contributed by atoms with E-state index in [1.54, 1.807) is 12.3 Å². The number of hydrogen-bond donors (Lipinski definition) is 1. The minimum Gasteiger partial charge on any atom is -0.478 e. The molecule has 4 heteroatoms. The van der Waals surface area contributed by atoms with Crippen molar-refractivity contribution in [3.63, 3.8) is 0 Å². The van der Waals surface area contributed by atoms with Crippen LogP contribution < -0.4 is 10.1 Å². The predicted octanol–water partition coefficient (Wildman–Crippen LogP) is 3.50. The van der Waals surface area contributed by atoms with Crippen LogP contribution in [-0.4, -0.2) is 22.6 Å². The van der Waals surface area contributed by atoms with Crippen LogP contribution in [0.5, 0.6) is 5.88 Å². The fourth-order valence-electron chi connectivity index (χ4n) is 2.02. The summed E-state index contributed by atoms with van der Waals surface area (Å²) in [6.07, 6.45) is 5.05. The summed E-state index contributed by atoms with van der Waals surface area (Å²) in [4.78, 5) is 8.59. The third-order valence-electron chi connectivity index (χ3n) is 3.20. The molecule has 0 spiro atoms. The van der Waals surface area contributed by atoms with E-state index in [1.165, 1.54) is 0 Å². The molecule has 0 aliphatic carbocycles. The second-order valence-electron chi connectivity index (χ2n) is 4.58. The van der Waals surface area contributed by atoms with E-state index in [0.717, 1.165) is 19.3 Å². The van der Waals surface area contributed by atoms with Crippen LogP contribution in [0.4, 0.5) is 5.95 Å². The fraction of sp³-hybridized carbons (Fsp3) is 0.714. The van der Waals surface area contributed by atoms with Crippen LogP contribution in [0.3, 0.4) is 0 Å². The van der Waals surface area contributed by atoms with Gasteiger partial charge in [-0.1, -0.05) is 33.6 Å². The molecule has 0 amide bonds. The van der Waals surface area contributed by atoms with Gasteiger partial charge in [-0.05, 0) is 19.3 Å². The minimum absolute atomic E-state index is 0.376. The molecule has 1 unspecified atom stereocenters. The largest absolute Gasteiger partial charge is 0.478 e. The van der Waals surface area contributed by atoms with Gasteiger partial charge in [0.05, 0.1) is 6.61 Å². The maximum atomic E-state index is 5.50. The quantitative estimate of drug-likeness (QED) is 0.768. The first-order valence-corrected chi connectivity index (χ1v) is 6.93. The molecule has 1 rings (SSSR count). The molecule has 0 aromatic carbocycles. The Hall–Kier alpha value is -1.32. The smallest absolute Gasteiger partial charge is 0.226 e. The van der Waals surface area contributed by atoms with E-state index in [4.69, 9.17) is 4.74 Å². The summed E-state index contributed by atoms with van der Waals surface area (Å²) < 4.78 is 5.50. The lowest BCUT2D eigenvalue weighted by Gasteiger charge is -2.22. The monoisotopic (exact) mass is 251 g/mol. The normalized spacial score (nSPS) is 12.5. The van der Waals surface area contributed by atoms with E-state index in [1.807, 2.05) is 0 Å². The maximum absolute atomic E-state index is 5.50. The molecular formula is C14H25N3O. The molecule has 1 aromatic heterocycles. The molecule has 0 aliphatic heterocycles. The number of ether oxygens (including phenoxy) is 1. The number of hydrogen-bond acceptors (Lipinski definition) is 4. The fourth-order valence-corrected chi connectivity index (χ4v) is 2.02. The molecule has 0 radical (unpaired) electrons. The molecule has 0 saturated carbocycles. The molecule has 1 heterocycles. The zero-order chi connectivity index (χ0) is 13.4. The number of aromatic nitrogens is 2. The molecule has 1 aromatic rings. The van der Waals surface area contributed by atoms with Gasteiger partial charge in [0.15, 0.2) is 0 Å². The van der Waals surface area contributed by atoms with Crippen molar-refractivity contribution in [1.82, 2.24) is 9.97 Å². The molecule has 0 bridgehead atoms. The predicted molar refractivity (Wildman–Crippen MR) is 75.0 cm³/mol. The molecule has 1 N–H and O–H groups in total. The van der Waals surface area contributed by atoms with Gasteiger partial charge in [0.1, 0.15) is 0 Å². The SMILES string of the molecule is CCCOc1ccnc(NC(C)C(CC)CC)n1. The van der Waals surface area contributed by atoms with Crippen molar-refractivity contribution >= 4 is 5.95 Å². The summed E-state index contributed by atoms with van der Waals surface area (Å²) in [6.45, 7) is 9.39. The summed E-state index contributed by atoms with van der Waals surface area (Å²) in [6, 6.07) is 2.17. The lowest BCUT2D eigenvalue weighted by Crippen LogP contribution is -2.26. The highest BCUT2D eigenvalue weighted by molar-refractivity contribution is 5.28. The summed E-state index contributed by atoms with van der Waals surface area (Å²) in [5, 5.41) is 3.36. The van der Waals surface area contributed by atoms with Crippen molar-refractivity contribution in [3.05, 3.63) is 12.3 Å².